The van der Waals surface area contributed by atoms with Crippen LogP contribution in [-0.2, 0) is 6.54 Å². The number of piperidine rings is 1. The van der Waals surface area contributed by atoms with E-state index in [-0.39, 0.29) is 6.03 Å². The van der Waals surface area contributed by atoms with Gasteiger partial charge >= 0.3 is 6.03 Å². The van der Waals surface area contributed by atoms with Crippen molar-refractivity contribution in [1.29, 1.82) is 0 Å². The van der Waals surface area contributed by atoms with E-state index in [0.29, 0.717) is 19.0 Å². The molecule has 0 unspecified atom stereocenters. The molecule has 3 aromatic rings. The number of amides is 2. The van der Waals surface area contributed by atoms with Gasteiger partial charge in [0.25, 0.3) is 0 Å². The van der Waals surface area contributed by atoms with E-state index in [1.54, 1.807) is 0 Å². The van der Waals surface area contributed by atoms with Crippen molar-refractivity contribution >= 4 is 28.1 Å². The smallest absolute Gasteiger partial charge is 0.315 e. The van der Waals surface area contributed by atoms with Gasteiger partial charge in [-0.3, -0.25) is 0 Å². The lowest BCUT2D eigenvalue weighted by Gasteiger charge is -2.31. The lowest BCUT2D eigenvalue weighted by molar-refractivity contribution is 0.209. The van der Waals surface area contributed by atoms with Crippen LogP contribution in [0.15, 0.2) is 60.0 Å². The van der Waals surface area contributed by atoms with Crippen LogP contribution in [0.25, 0.3) is 10.8 Å². The molecule has 4 nitrogen and oxygen atoms in total. The van der Waals surface area contributed by atoms with Crippen LogP contribution in [0.1, 0.15) is 29.2 Å². The average molecular weight is 394 g/mol. The molecule has 2 amide bonds. The van der Waals surface area contributed by atoms with Crippen molar-refractivity contribution < 1.29 is 4.79 Å². The number of carbonyl (C=O) groups excluding carboxylic acids is 1. The minimum absolute atomic E-state index is 0.0959. The Morgan fingerprint density at radius 1 is 1.00 bits per heavy atom. The van der Waals surface area contributed by atoms with Gasteiger partial charge < -0.3 is 15.5 Å². The maximum absolute atomic E-state index is 12.2. The number of hydrogen-bond acceptors (Lipinski definition) is 3. The lowest BCUT2D eigenvalue weighted by Crippen LogP contribution is -2.42. The minimum Gasteiger partial charge on any atom is -0.337 e. The van der Waals surface area contributed by atoms with Gasteiger partial charge in [0.1, 0.15) is 0 Å². The zero-order chi connectivity index (χ0) is 19.2. The maximum atomic E-state index is 12.2. The molecule has 0 spiro atoms. The second-order valence-electron chi connectivity index (χ2n) is 7.38. The topological polar surface area (TPSA) is 44.4 Å². The number of urea groups is 1. The van der Waals surface area contributed by atoms with Crippen molar-refractivity contribution in [2.75, 3.05) is 26.2 Å². The van der Waals surface area contributed by atoms with E-state index in [9.17, 15) is 4.79 Å². The molecule has 0 atom stereocenters. The summed E-state index contributed by atoms with van der Waals surface area (Å²) < 4.78 is 0. The Morgan fingerprint density at radius 2 is 1.82 bits per heavy atom. The summed E-state index contributed by atoms with van der Waals surface area (Å²) in [5.74, 6) is 0.716. The van der Waals surface area contributed by atoms with Crippen LogP contribution in [-0.4, -0.2) is 37.1 Å². The molecule has 1 fully saturated rings. The molecule has 1 aliphatic heterocycles. The molecule has 0 saturated carbocycles. The molecule has 2 N–H and O–H groups in total. The molecule has 146 valence electrons. The van der Waals surface area contributed by atoms with Crippen LogP contribution in [0, 0.1) is 0 Å². The predicted molar refractivity (Wildman–Crippen MR) is 117 cm³/mol. The SMILES string of the molecule is O=C(NCCN1CCC(c2cccs2)CC1)NCc1cccc2ccccc12. The number of hydrogen-bond donors (Lipinski definition) is 2. The number of likely N-dealkylation sites (tertiary alicyclic amines) is 1. The van der Waals surface area contributed by atoms with Gasteiger partial charge in [0.2, 0.25) is 0 Å². The van der Waals surface area contributed by atoms with Gasteiger partial charge in [-0.05, 0) is 59.6 Å². The Hall–Kier alpha value is -2.37. The van der Waals surface area contributed by atoms with E-state index in [1.165, 1.54) is 28.5 Å². The molecule has 1 aliphatic rings. The Labute approximate surface area is 170 Å². The van der Waals surface area contributed by atoms with Gasteiger partial charge in [-0.2, -0.15) is 0 Å². The molecule has 5 heteroatoms. The predicted octanol–water partition coefficient (Wildman–Crippen LogP) is 4.58. The van der Waals surface area contributed by atoms with Crippen LogP contribution in [0.2, 0.25) is 0 Å². The van der Waals surface area contributed by atoms with Gasteiger partial charge in [-0.25, -0.2) is 4.79 Å². The first kappa shape index (κ1) is 19.0. The number of nitrogens with one attached hydrogen (secondary N) is 2. The number of nitrogens with zero attached hydrogens (tertiary/aromatic N) is 1. The first-order valence-electron chi connectivity index (χ1n) is 10.0. The van der Waals surface area contributed by atoms with E-state index < -0.39 is 0 Å². The molecule has 1 aromatic heterocycles. The Balaban J connectivity index is 1.17. The molecule has 0 radical (unpaired) electrons. The van der Waals surface area contributed by atoms with Crippen LogP contribution in [0.4, 0.5) is 4.79 Å². The van der Waals surface area contributed by atoms with Crippen molar-refractivity contribution in [3.8, 4) is 0 Å². The highest BCUT2D eigenvalue weighted by Crippen LogP contribution is 2.30. The highest BCUT2D eigenvalue weighted by molar-refractivity contribution is 7.10. The molecule has 0 aliphatic carbocycles. The fourth-order valence-corrected chi connectivity index (χ4v) is 4.88. The molecule has 2 aromatic carbocycles. The quantitative estimate of drug-likeness (QED) is 0.644. The third-order valence-corrected chi connectivity index (χ3v) is 6.60. The van der Waals surface area contributed by atoms with E-state index in [2.05, 4.69) is 57.3 Å². The fourth-order valence-electron chi connectivity index (χ4n) is 3.98. The summed E-state index contributed by atoms with van der Waals surface area (Å²) >= 11 is 1.87. The Morgan fingerprint density at radius 3 is 2.64 bits per heavy atom. The van der Waals surface area contributed by atoms with E-state index >= 15 is 0 Å². The second-order valence-corrected chi connectivity index (χ2v) is 8.36. The molecule has 2 heterocycles. The number of benzene rings is 2. The summed E-state index contributed by atoms with van der Waals surface area (Å²) in [6.07, 6.45) is 2.43. The molecule has 28 heavy (non-hydrogen) atoms. The largest absolute Gasteiger partial charge is 0.337 e. The summed E-state index contributed by atoms with van der Waals surface area (Å²) in [4.78, 5) is 16.1. The lowest BCUT2D eigenvalue weighted by atomic mass is 9.95. The van der Waals surface area contributed by atoms with E-state index in [4.69, 9.17) is 0 Å². The fraction of sp³-hybridized carbons (Fsp3) is 0.348. The van der Waals surface area contributed by atoms with Gasteiger partial charge in [0.05, 0.1) is 0 Å². The summed E-state index contributed by atoms with van der Waals surface area (Å²) in [5.41, 5.74) is 1.14. The van der Waals surface area contributed by atoms with Crippen LogP contribution in [0.5, 0.6) is 0 Å². The zero-order valence-corrected chi connectivity index (χ0v) is 16.9. The minimum atomic E-state index is -0.0959. The first-order chi connectivity index (χ1) is 13.8. The highest BCUT2D eigenvalue weighted by Gasteiger charge is 2.20. The van der Waals surface area contributed by atoms with Crippen molar-refractivity contribution in [3.05, 3.63) is 70.4 Å². The van der Waals surface area contributed by atoms with Gasteiger partial charge in [0, 0.05) is 24.5 Å². The average Bonchev–Trinajstić information content (AvgIpc) is 3.28. The van der Waals surface area contributed by atoms with Crippen LogP contribution >= 0.6 is 11.3 Å². The first-order valence-corrected chi connectivity index (χ1v) is 10.9. The van der Waals surface area contributed by atoms with Crippen molar-refractivity contribution in [3.63, 3.8) is 0 Å². The summed E-state index contributed by atoms with van der Waals surface area (Å²) in [7, 11) is 0. The monoisotopic (exact) mass is 393 g/mol. The van der Waals surface area contributed by atoms with Crippen molar-refractivity contribution in [2.24, 2.45) is 0 Å². The standard InChI is InChI=1S/C23H27N3OS/c27-23(25-17-20-7-3-6-18-5-1-2-8-21(18)20)24-12-15-26-13-10-19(11-14-26)22-9-4-16-28-22/h1-9,16,19H,10-15,17H2,(H2,24,25,27). The normalized spacial score (nSPS) is 15.6. The van der Waals surface area contributed by atoms with Crippen molar-refractivity contribution in [1.82, 2.24) is 15.5 Å². The van der Waals surface area contributed by atoms with Crippen LogP contribution < -0.4 is 10.6 Å². The molecule has 1 saturated heterocycles. The molecule has 0 bridgehead atoms. The van der Waals surface area contributed by atoms with Gasteiger partial charge in [-0.15, -0.1) is 11.3 Å². The number of fused-ring (bicyclic) bond motifs is 1. The number of thiophene rings is 1. The molecular weight excluding hydrogens is 366 g/mol. The highest BCUT2D eigenvalue weighted by atomic mass is 32.1. The summed E-state index contributed by atoms with van der Waals surface area (Å²) in [6, 6.07) is 18.8. The second kappa shape index (κ2) is 9.22. The third kappa shape index (κ3) is 4.72. The van der Waals surface area contributed by atoms with Crippen molar-refractivity contribution in [2.45, 2.75) is 25.3 Å². The molecular formula is C23H27N3OS. The Bertz CT molecular complexity index is 896. The van der Waals surface area contributed by atoms with Gasteiger partial charge in [0.15, 0.2) is 0 Å². The third-order valence-electron chi connectivity index (χ3n) is 5.57. The summed E-state index contributed by atoms with van der Waals surface area (Å²) in [6.45, 7) is 4.37. The van der Waals surface area contributed by atoms with Crippen LogP contribution in [0.3, 0.4) is 0 Å². The summed E-state index contributed by atoms with van der Waals surface area (Å²) in [5, 5.41) is 10.5. The number of carbonyl (C=O) groups is 1. The van der Waals surface area contributed by atoms with E-state index in [1.807, 2.05) is 29.5 Å². The molecule has 4 rings (SSSR count). The van der Waals surface area contributed by atoms with E-state index in [0.717, 1.165) is 25.2 Å². The zero-order valence-electron chi connectivity index (χ0n) is 16.1. The van der Waals surface area contributed by atoms with Gasteiger partial charge in [-0.1, -0.05) is 48.5 Å². The number of rotatable bonds is 6. The maximum Gasteiger partial charge on any atom is 0.315 e. The Kier molecular flexibility index (Phi) is 6.24.